The van der Waals surface area contributed by atoms with Gasteiger partial charge < -0.3 is 9.64 Å². The van der Waals surface area contributed by atoms with Crippen molar-refractivity contribution in [3.8, 4) is 0 Å². The van der Waals surface area contributed by atoms with Crippen LogP contribution in [0.15, 0.2) is 18.3 Å². The van der Waals surface area contributed by atoms with Gasteiger partial charge in [-0.1, -0.05) is 13.0 Å². The molecule has 0 bridgehead atoms. The van der Waals surface area contributed by atoms with Crippen molar-refractivity contribution < 1.29 is 14.3 Å². The first-order valence-corrected chi connectivity index (χ1v) is 9.40. The predicted molar refractivity (Wildman–Crippen MR) is 102 cm³/mol. The van der Waals surface area contributed by atoms with E-state index in [1.807, 2.05) is 51.7 Å². The number of aromatic nitrogens is 1. The molecule has 0 N–H and O–H groups in total. The number of nitrogens with zero attached hydrogens (tertiary/aromatic N) is 3. The monoisotopic (exact) mass is 361 g/mol. The van der Waals surface area contributed by atoms with Crippen LogP contribution in [0.3, 0.4) is 0 Å². The Labute approximate surface area is 156 Å². The van der Waals surface area contributed by atoms with Gasteiger partial charge in [0.2, 0.25) is 5.91 Å². The van der Waals surface area contributed by atoms with Gasteiger partial charge in [-0.25, -0.2) is 9.78 Å². The van der Waals surface area contributed by atoms with E-state index in [9.17, 15) is 9.59 Å². The first-order valence-electron chi connectivity index (χ1n) is 9.40. The van der Waals surface area contributed by atoms with Crippen LogP contribution >= 0.6 is 0 Å². The third kappa shape index (κ3) is 4.54. The molecular weight excluding hydrogens is 330 g/mol. The van der Waals surface area contributed by atoms with Gasteiger partial charge in [0, 0.05) is 31.3 Å². The smallest absolute Gasteiger partial charge is 0.416 e. The van der Waals surface area contributed by atoms with Gasteiger partial charge in [0.25, 0.3) is 0 Å². The van der Waals surface area contributed by atoms with Crippen LogP contribution in [0.1, 0.15) is 72.4 Å². The summed E-state index contributed by atoms with van der Waals surface area (Å²) in [6, 6.07) is 3.71. The Balaban J connectivity index is 2.46. The molecule has 2 atom stereocenters. The molecule has 1 saturated heterocycles. The molecule has 1 aromatic rings. The molecule has 0 spiro atoms. The van der Waals surface area contributed by atoms with Crippen molar-refractivity contribution in [1.82, 2.24) is 9.88 Å². The minimum atomic E-state index is -0.587. The zero-order valence-corrected chi connectivity index (χ0v) is 16.8. The van der Waals surface area contributed by atoms with Crippen LogP contribution in [0.2, 0.25) is 0 Å². The number of carbonyl (C=O) groups is 2. The normalized spacial score (nSPS) is 18.5. The largest absolute Gasteiger partial charge is 0.443 e. The van der Waals surface area contributed by atoms with E-state index in [4.69, 9.17) is 4.74 Å². The summed E-state index contributed by atoms with van der Waals surface area (Å²) < 4.78 is 5.64. The van der Waals surface area contributed by atoms with E-state index in [-0.39, 0.29) is 18.0 Å². The minimum Gasteiger partial charge on any atom is -0.443 e. The molecular formula is C20H31N3O3. The zero-order valence-electron chi connectivity index (χ0n) is 16.8. The maximum Gasteiger partial charge on any atom is 0.416 e. The predicted octanol–water partition coefficient (Wildman–Crippen LogP) is 4.31. The average Bonchev–Trinajstić information content (AvgIpc) is 3.03. The minimum absolute atomic E-state index is 0.0506. The number of carbonyl (C=O) groups excluding carboxylic acids is 2. The SMILES string of the molecule is CC[C@@H](C)N(C(=O)OC(C)(C)C)c1ncccc1[C@@H]1CCCN1C(C)=O. The van der Waals surface area contributed by atoms with Gasteiger partial charge >= 0.3 is 6.09 Å². The van der Waals surface area contributed by atoms with Crippen molar-refractivity contribution in [3.63, 3.8) is 0 Å². The van der Waals surface area contributed by atoms with E-state index in [0.717, 1.165) is 31.4 Å². The lowest BCUT2D eigenvalue weighted by atomic mass is 10.0. The fraction of sp³-hybridized carbons (Fsp3) is 0.650. The van der Waals surface area contributed by atoms with Gasteiger partial charge in [0.15, 0.2) is 0 Å². The van der Waals surface area contributed by atoms with Crippen LogP contribution in [0.4, 0.5) is 10.6 Å². The summed E-state index contributed by atoms with van der Waals surface area (Å²) in [4.78, 5) is 33.0. The van der Waals surface area contributed by atoms with Crippen LogP contribution < -0.4 is 4.90 Å². The van der Waals surface area contributed by atoms with Crippen LogP contribution in [0.5, 0.6) is 0 Å². The van der Waals surface area contributed by atoms with Gasteiger partial charge in [-0.3, -0.25) is 9.69 Å². The van der Waals surface area contributed by atoms with Crippen LogP contribution in [-0.4, -0.2) is 40.1 Å². The first kappa shape index (κ1) is 20.2. The number of ether oxygens (including phenoxy) is 1. The Morgan fingerprint density at radius 1 is 1.42 bits per heavy atom. The molecule has 1 aliphatic heterocycles. The molecule has 0 aromatic carbocycles. The highest BCUT2D eigenvalue weighted by Gasteiger charge is 2.35. The molecule has 0 unspecified atom stereocenters. The van der Waals surface area contributed by atoms with Crippen LogP contribution in [-0.2, 0) is 9.53 Å². The highest BCUT2D eigenvalue weighted by atomic mass is 16.6. The summed E-state index contributed by atoms with van der Waals surface area (Å²) in [5.74, 6) is 0.643. The van der Waals surface area contributed by atoms with E-state index in [1.54, 1.807) is 18.0 Å². The molecule has 6 heteroatoms. The quantitative estimate of drug-likeness (QED) is 0.802. The molecule has 6 nitrogen and oxygen atoms in total. The summed E-state index contributed by atoms with van der Waals surface area (Å²) in [6.07, 6.45) is 3.89. The van der Waals surface area contributed by atoms with E-state index in [2.05, 4.69) is 4.98 Å². The first-order chi connectivity index (χ1) is 12.2. The van der Waals surface area contributed by atoms with Crippen LogP contribution in [0.25, 0.3) is 0 Å². The molecule has 1 fully saturated rings. The Bertz CT molecular complexity index is 654. The molecule has 2 amide bonds. The van der Waals surface area contributed by atoms with E-state index in [1.165, 1.54) is 0 Å². The number of rotatable bonds is 4. The molecule has 2 heterocycles. The van der Waals surface area contributed by atoms with Gasteiger partial charge in [0.1, 0.15) is 11.4 Å². The van der Waals surface area contributed by atoms with Crippen molar-refractivity contribution in [2.24, 2.45) is 0 Å². The highest BCUT2D eigenvalue weighted by molar-refractivity contribution is 5.88. The third-order valence-electron chi connectivity index (χ3n) is 4.68. The maximum atomic E-state index is 12.9. The summed E-state index contributed by atoms with van der Waals surface area (Å²) >= 11 is 0. The van der Waals surface area contributed by atoms with Crippen molar-refractivity contribution in [1.29, 1.82) is 0 Å². The topological polar surface area (TPSA) is 62.7 Å². The number of amides is 2. The van der Waals surface area contributed by atoms with Gasteiger partial charge in [0.05, 0.1) is 6.04 Å². The zero-order chi connectivity index (χ0) is 19.5. The summed E-state index contributed by atoms with van der Waals surface area (Å²) in [5, 5.41) is 0. The lowest BCUT2D eigenvalue weighted by molar-refractivity contribution is -0.129. The van der Waals surface area contributed by atoms with Gasteiger partial charge in [-0.15, -0.1) is 0 Å². The number of hydrogen-bond acceptors (Lipinski definition) is 4. The van der Waals surface area contributed by atoms with Crippen LogP contribution in [0, 0.1) is 0 Å². The third-order valence-corrected chi connectivity index (χ3v) is 4.68. The number of anilines is 1. The summed E-state index contributed by atoms with van der Waals surface area (Å²) in [5.41, 5.74) is 0.322. The summed E-state index contributed by atoms with van der Waals surface area (Å²) in [7, 11) is 0. The molecule has 2 rings (SSSR count). The number of likely N-dealkylation sites (tertiary alicyclic amines) is 1. The average molecular weight is 361 g/mol. The van der Waals surface area contributed by atoms with Gasteiger partial charge in [-0.05, 0) is 53.0 Å². The fourth-order valence-electron chi connectivity index (χ4n) is 3.31. The Morgan fingerprint density at radius 3 is 2.69 bits per heavy atom. The maximum absolute atomic E-state index is 12.9. The second kappa shape index (κ2) is 8.06. The number of hydrogen-bond donors (Lipinski definition) is 0. The molecule has 0 aliphatic carbocycles. The molecule has 0 radical (unpaired) electrons. The van der Waals surface area contributed by atoms with E-state index in [0.29, 0.717) is 5.82 Å². The molecule has 26 heavy (non-hydrogen) atoms. The fourth-order valence-corrected chi connectivity index (χ4v) is 3.31. The second-order valence-corrected chi connectivity index (χ2v) is 7.89. The standard InChI is InChI=1S/C20H31N3O3/c1-7-14(2)23(19(25)26-20(4,5)6)18-16(10-8-12-21-18)17-11-9-13-22(17)15(3)24/h8,10,12,14,17H,7,9,11,13H2,1-6H3/t14-,17+/m1/s1. The molecule has 144 valence electrons. The molecule has 1 aliphatic rings. The van der Waals surface area contributed by atoms with Crippen molar-refractivity contribution in [3.05, 3.63) is 23.9 Å². The lowest BCUT2D eigenvalue weighted by Crippen LogP contribution is -2.43. The van der Waals surface area contributed by atoms with Crippen molar-refractivity contribution in [2.45, 2.75) is 78.5 Å². The number of pyridine rings is 1. The Hall–Kier alpha value is -2.11. The second-order valence-electron chi connectivity index (χ2n) is 7.89. The molecule has 0 saturated carbocycles. The van der Waals surface area contributed by atoms with Crippen molar-refractivity contribution >= 4 is 17.8 Å². The summed E-state index contributed by atoms with van der Waals surface area (Å²) in [6.45, 7) is 11.9. The Kier molecular flexibility index (Phi) is 6.26. The molecule has 1 aromatic heterocycles. The highest BCUT2D eigenvalue weighted by Crippen LogP contribution is 2.37. The lowest BCUT2D eigenvalue weighted by Gasteiger charge is -2.33. The Morgan fingerprint density at radius 2 is 2.12 bits per heavy atom. The van der Waals surface area contributed by atoms with E-state index < -0.39 is 11.7 Å². The van der Waals surface area contributed by atoms with Crippen molar-refractivity contribution in [2.75, 3.05) is 11.4 Å². The van der Waals surface area contributed by atoms with E-state index >= 15 is 0 Å². The van der Waals surface area contributed by atoms with Gasteiger partial charge in [-0.2, -0.15) is 0 Å².